The molecular formula is C18H21NO4. The predicted molar refractivity (Wildman–Crippen MR) is 83.0 cm³/mol. The molecule has 1 saturated heterocycles. The summed E-state index contributed by atoms with van der Waals surface area (Å²) in [6.07, 6.45) is -5.37. The molecule has 5 nitrogen and oxygen atoms in total. The summed E-state index contributed by atoms with van der Waals surface area (Å²) >= 11 is 0. The van der Waals surface area contributed by atoms with Gasteiger partial charge in [0.25, 0.3) is 0 Å². The van der Waals surface area contributed by atoms with Crippen LogP contribution in [-0.4, -0.2) is 54.1 Å². The Bertz CT molecular complexity index is 1040. The SMILES string of the molecule is [2H]c1c([2H])c(OC)c2c3c1C[C@@]1([2H])N(C([2H])([2H])[2H])CC[C@@]34C(O2)C(=O)C([2H])([2H])C[C@]41O. The smallest absolute Gasteiger partial charge is 0.174 e. The van der Waals surface area contributed by atoms with Crippen molar-refractivity contribution >= 4 is 5.78 Å². The van der Waals surface area contributed by atoms with Gasteiger partial charge in [0.2, 0.25) is 0 Å². The monoisotopic (exact) mass is 323 g/mol. The fourth-order valence-corrected chi connectivity index (χ4v) is 4.76. The van der Waals surface area contributed by atoms with E-state index in [-0.39, 0.29) is 47.7 Å². The summed E-state index contributed by atoms with van der Waals surface area (Å²) in [6.45, 7) is -2.93. The van der Waals surface area contributed by atoms with Crippen molar-refractivity contribution < 1.29 is 30.3 Å². The van der Waals surface area contributed by atoms with E-state index in [1.165, 1.54) is 7.11 Å². The molecule has 0 radical (unpaired) electrons. The normalized spacial score (nSPS) is 51.6. The van der Waals surface area contributed by atoms with E-state index >= 15 is 0 Å². The third-order valence-electron chi connectivity index (χ3n) is 5.77. The van der Waals surface area contributed by atoms with Crippen LogP contribution in [0.4, 0.5) is 0 Å². The summed E-state index contributed by atoms with van der Waals surface area (Å²) < 4.78 is 77.6. The number of hydrogen-bond donors (Lipinski definition) is 1. The van der Waals surface area contributed by atoms with E-state index in [4.69, 9.17) is 19.1 Å². The molecule has 23 heavy (non-hydrogen) atoms. The first-order valence-electron chi connectivity index (χ1n) is 11.6. The molecule has 0 aromatic heterocycles. The van der Waals surface area contributed by atoms with Gasteiger partial charge in [-0.3, -0.25) is 4.79 Å². The largest absolute Gasteiger partial charge is 0.493 e. The van der Waals surface area contributed by atoms with Crippen molar-refractivity contribution in [3.8, 4) is 11.5 Å². The zero-order valence-electron chi connectivity index (χ0n) is 20.5. The highest BCUT2D eigenvalue weighted by Crippen LogP contribution is 2.64. The van der Waals surface area contributed by atoms with Crippen molar-refractivity contribution in [3.63, 3.8) is 0 Å². The average Bonchev–Trinajstić information content (AvgIpc) is 2.96. The molecule has 1 aromatic carbocycles. The zero-order valence-corrected chi connectivity index (χ0v) is 12.5. The number of benzene rings is 1. The molecule has 2 aliphatic carbocycles. The summed E-state index contributed by atoms with van der Waals surface area (Å²) in [5, 5.41) is 12.1. The quantitative estimate of drug-likeness (QED) is 0.837. The van der Waals surface area contributed by atoms with Crippen LogP contribution in [0.5, 0.6) is 11.5 Å². The van der Waals surface area contributed by atoms with Crippen LogP contribution in [0.15, 0.2) is 12.1 Å². The molecule has 2 heterocycles. The number of Topliss-reactive ketones (excluding diaryl/α,β-unsaturated/α-hetero) is 1. The third kappa shape index (κ3) is 1.32. The lowest BCUT2D eigenvalue weighted by atomic mass is 9.49. The van der Waals surface area contributed by atoms with E-state index in [0.29, 0.717) is 0 Å². The number of likely N-dealkylation sites (tertiary alicyclic amines) is 1. The maximum Gasteiger partial charge on any atom is 0.174 e. The molecule has 2 aliphatic heterocycles. The number of nitrogens with zero attached hydrogens (tertiary/aromatic N) is 1. The minimum absolute atomic E-state index is 0.00245. The van der Waals surface area contributed by atoms with Crippen LogP contribution >= 0.6 is 0 Å². The Kier molecular flexibility index (Phi) is 1.42. The van der Waals surface area contributed by atoms with Crippen molar-refractivity contribution in [2.45, 2.75) is 48.8 Å². The Hall–Kier alpha value is -1.59. The van der Waals surface area contributed by atoms with Crippen molar-refractivity contribution in [2.75, 3.05) is 20.6 Å². The van der Waals surface area contributed by atoms with Crippen molar-refractivity contribution in [1.29, 1.82) is 0 Å². The first kappa shape index (κ1) is 7.99. The standard InChI is InChI=1S/C18H21NO4/c1-19-8-7-17-14-10-3-4-12(22-2)15(14)23-16(17)11(20)5-6-18(17,21)13(19)9-10/h3-4,13,16,21H,5-9H2,1-2H3/t13-,16?,17+,18-/m1/s1/i1D3,3D,4D,5D2,13D. The first-order valence-corrected chi connectivity index (χ1v) is 7.59. The molecule has 2 fully saturated rings. The predicted octanol–water partition coefficient (Wildman–Crippen LogP) is 1.05. The Morgan fingerprint density at radius 3 is 3.26 bits per heavy atom. The average molecular weight is 323 g/mol. The van der Waals surface area contributed by atoms with E-state index in [0.717, 1.165) is 4.90 Å². The minimum atomic E-state index is -2.78. The number of hydrogen-bond acceptors (Lipinski definition) is 5. The van der Waals surface area contributed by atoms with Gasteiger partial charge in [-0.2, -0.15) is 0 Å². The topological polar surface area (TPSA) is 59.0 Å². The van der Waals surface area contributed by atoms with Crippen molar-refractivity contribution in [1.82, 2.24) is 4.90 Å². The maximum atomic E-state index is 13.1. The number of aliphatic hydroxyl groups is 1. The van der Waals surface area contributed by atoms with Gasteiger partial charge in [-0.25, -0.2) is 0 Å². The second-order valence-corrected chi connectivity index (χ2v) is 6.54. The van der Waals surface area contributed by atoms with Crippen LogP contribution in [0, 0.1) is 0 Å². The van der Waals surface area contributed by atoms with E-state index < -0.39 is 55.1 Å². The summed E-state index contributed by atoms with van der Waals surface area (Å²) in [5.41, 5.74) is -3.48. The lowest BCUT2D eigenvalue weighted by Crippen LogP contribution is -2.76. The number of carbonyl (C=O) groups excluding carboxylic acids is 1. The number of piperidine rings is 1. The fraction of sp³-hybridized carbons (Fsp3) is 0.611. The Morgan fingerprint density at radius 1 is 1.61 bits per heavy atom. The highest BCUT2D eigenvalue weighted by Gasteiger charge is 2.72. The Labute approximate surface area is 146 Å². The molecule has 4 atom stereocenters. The van der Waals surface area contributed by atoms with Crippen LogP contribution in [-0.2, 0) is 16.6 Å². The molecule has 1 spiro atoms. The van der Waals surface area contributed by atoms with Crippen molar-refractivity contribution in [3.05, 3.63) is 23.2 Å². The van der Waals surface area contributed by atoms with Crippen LogP contribution in [0.3, 0.4) is 0 Å². The highest BCUT2D eigenvalue weighted by atomic mass is 16.5. The summed E-state index contributed by atoms with van der Waals surface area (Å²) in [6, 6.07) is -2.89. The minimum Gasteiger partial charge on any atom is -0.493 e. The van der Waals surface area contributed by atoms with Gasteiger partial charge in [0.15, 0.2) is 23.4 Å². The lowest BCUT2D eigenvalue weighted by molar-refractivity contribution is -0.185. The Morgan fingerprint density at radius 2 is 2.48 bits per heavy atom. The molecule has 1 unspecified atom stereocenters. The van der Waals surface area contributed by atoms with Gasteiger partial charge in [0, 0.05) is 24.8 Å². The van der Waals surface area contributed by atoms with Gasteiger partial charge in [-0.05, 0) is 44.4 Å². The second kappa shape index (κ2) is 4.08. The number of ketones is 1. The van der Waals surface area contributed by atoms with Crippen LogP contribution in [0.2, 0.25) is 0 Å². The summed E-state index contributed by atoms with van der Waals surface area (Å²) in [4.78, 5) is 14.0. The molecule has 5 rings (SSSR count). The van der Waals surface area contributed by atoms with Gasteiger partial charge < -0.3 is 19.5 Å². The number of ether oxygens (including phenoxy) is 2. The zero-order chi connectivity index (χ0) is 22.9. The highest BCUT2D eigenvalue weighted by molar-refractivity contribution is 5.90. The summed E-state index contributed by atoms with van der Waals surface area (Å²) in [7, 11) is 1.28. The van der Waals surface area contributed by atoms with Gasteiger partial charge in [0.1, 0.15) is 0 Å². The van der Waals surface area contributed by atoms with Crippen LogP contribution in [0.1, 0.15) is 41.3 Å². The summed E-state index contributed by atoms with van der Waals surface area (Å²) in [5.74, 6) is -1.01. The molecule has 1 saturated carbocycles. The van der Waals surface area contributed by atoms with Gasteiger partial charge in [-0.15, -0.1) is 0 Å². The van der Waals surface area contributed by atoms with E-state index in [1.54, 1.807) is 0 Å². The molecule has 1 aromatic rings. The molecule has 122 valence electrons. The lowest BCUT2D eigenvalue weighted by Gasteiger charge is -2.62. The van der Waals surface area contributed by atoms with E-state index in [9.17, 15) is 11.3 Å². The van der Waals surface area contributed by atoms with Gasteiger partial charge >= 0.3 is 0 Å². The molecule has 4 aliphatic rings. The van der Waals surface area contributed by atoms with Crippen LogP contribution in [0.25, 0.3) is 0 Å². The third-order valence-corrected chi connectivity index (χ3v) is 5.77. The van der Waals surface area contributed by atoms with Crippen LogP contribution < -0.4 is 9.47 Å². The second-order valence-electron chi connectivity index (χ2n) is 6.54. The molecule has 2 bridgehead atoms. The van der Waals surface area contributed by atoms with Gasteiger partial charge in [-0.1, -0.05) is 6.04 Å². The molecular weight excluding hydrogens is 294 g/mol. The number of carbonyl (C=O) groups is 1. The number of rotatable bonds is 1. The Balaban J connectivity index is 1.92. The molecule has 0 amide bonds. The van der Waals surface area contributed by atoms with Crippen molar-refractivity contribution in [2.24, 2.45) is 0 Å². The maximum absolute atomic E-state index is 13.1. The molecule has 5 heteroatoms. The number of methoxy groups -OCH3 is 1. The van der Waals surface area contributed by atoms with E-state index in [2.05, 4.69) is 0 Å². The number of likely N-dealkylation sites (N-methyl/N-ethyl adjacent to an activating group) is 1. The van der Waals surface area contributed by atoms with E-state index in [1.807, 2.05) is 0 Å². The first-order chi connectivity index (χ1) is 14.2. The fourth-order valence-electron chi connectivity index (χ4n) is 4.76. The molecule has 1 N–H and O–H groups in total. The van der Waals surface area contributed by atoms with Gasteiger partial charge in [0.05, 0.1) is 22.2 Å².